The molecule has 5 heteroatoms. The molecule has 1 aromatic heterocycles. The smallest absolute Gasteiger partial charge is 0.185 e. The Balaban J connectivity index is 2.08. The van der Waals surface area contributed by atoms with Crippen LogP contribution < -0.4 is 10.6 Å². The Kier molecular flexibility index (Phi) is 3.53. The molecule has 1 aliphatic heterocycles. The van der Waals surface area contributed by atoms with Crippen LogP contribution >= 0.6 is 23.1 Å². The molecule has 3 nitrogen and oxygen atoms in total. The summed E-state index contributed by atoms with van der Waals surface area (Å²) in [5.41, 5.74) is 5.83. The molecule has 0 radical (unpaired) electrons. The first-order valence-electron chi connectivity index (χ1n) is 5.24. The van der Waals surface area contributed by atoms with Gasteiger partial charge in [0.2, 0.25) is 0 Å². The van der Waals surface area contributed by atoms with Crippen molar-refractivity contribution in [3.8, 4) is 0 Å². The average molecular weight is 243 g/mol. The van der Waals surface area contributed by atoms with Gasteiger partial charge in [0.25, 0.3) is 0 Å². The highest BCUT2D eigenvalue weighted by molar-refractivity contribution is 8.00. The lowest BCUT2D eigenvalue weighted by molar-refractivity contribution is 0.779. The van der Waals surface area contributed by atoms with Crippen molar-refractivity contribution in [3.05, 3.63) is 11.1 Å². The number of aromatic nitrogens is 1. The van der Waals surface area contributed by atoms with E-state index >= 15 is 0 Å². The zero-order valence-electron chi connectivity index (χ0n) is 9.14. The molecule has 2 atom stereocenters. The molecule has 1 aliphatic rings. The Labute approximate surface area is 99.1 Å². The fraction of sp³-hybridized carbons (Fsp3) is 0.700. The third kappa shape index (κ3) is 2.65. The van der Waals surface area contributed by atoms with Crippen molar-refractivity contribution in [2.75, 3.05) is 23.7 Å². The van der Waals surface area contributed by atoms with Gasteiger partial charge in [-0.05, 0) is 6.92 Å². The SMILES string of the molecule is CC1CN(c2ncc(C(C)N)s2)CCS1. The van der Waals surface area contributed by atoms with Crippen molar-refractivity contribution >= 4 is 28.2 Å². The molecule has 2 heterocycles. The maximum Gasteiger partial charge on any atom is 0.185 e. The summed E-state index contributed by atoms with van der Waals surface area (Å²) >= 11 is 3.77. The first-order chi connectivity index (χ1) is 7.16. The summed E-state index contributed by atoms with van der Waals surface area (Å²) in [7, 11) is 0. The Morgan fingerprint density at radius 2 is 2.47 bits per heavy atom. The van der Waals surface area contributed by atoms with Crippen LogP contribution in [0.25, 0.3) is 0 Å². The summed E-state index contributed by atoms with van der Waals surface area (Å²) in [6.45, 7) is 6.50. The van der Waals surface area contributed by atoms with Gasteiger partial charge in [-0.1, -0.05) is 6.92 Å². The lowest BCUT2D eigenvalue weighted by Gasteiger charge is -2.30. The molecule has 2 unspecified atom stereocenters. The van der Waals surface area contributed by atoms with E-state index in [9.17, 15) is 0 Å². The number of rotatable bonds is 2. The fourth-order valence-corrected chi connectivity index (χ4v) is 3.54. The number of hydrogen-bond donors (Lipinski definition) is 1. The second-order valence-corrected chi connectivity index (χ2v) is 6.55. The van der Waals surface area contributed by atoms with Gasteiger partial charge in [0, 0.05) is 41.2 Å². The van der Waals surface area contributed by atoms with E-state index in [-0.39, 0.29) is 6.04 Å². The fourth-order valence-electron chi connectivity index (χ4n) is 1.63. The van der Waals surface area contributed by atoms with Crippen LogP contribution in [0.5, 0.6) is 0 Å². The monoisotopic (exact) mass is 243 g/mol. The number of hydrogen-bond acceptors (Lipinski definition) is 5. The maximum atomic E-state index is 5.83. The lowest BCUT2D eigenvalue weighted by Crippen LogP contribution is -2.36. The van der Waals surface area contributed by atoms with E-state index in [0.717, 1.165) is 18.2 Å². The van der Waals surface area contributed by atoms with Gasteiger partial charge in [0.1, 0.15) is 0 Å². The van der Waals surface area contributed by atoms with Gasteiger partial charge in [-0.3, -0.25) is 0 Å². The van der Waals surface area contributed by atoms with Gasteiger partial charge < -0.3 is 10.6 Å². The van der Waals surface area contributed by atoms with Crippen LogP contribution in [0.15, 0.2) is 6.20 Å². The topological polar surface area (TPSA) is 42.2 Å². The minimum atomic E-state index is 0.104. The maximum absolute atomic E-state index is 5.83. The van der Waals surface area contributed by atoms with Crippen molar-refractivity contribution in [3.63, 3.8) is 0 Å². The summed E-state index contributed by atoms with van der Waals surface area (Å²) < 4.78 is 0. The highest BCUT2D eigenvalue weighted by atomic mass is 32.2. The van der Waals surface area contributed by atoms with Crippen LogP contribution in [0.2, 0.25) is 0 Å². The highest BCUT2D eigenvalue weighted by Gasteiger charge is 2.19. The van der Waals surface area contributed by atoms with E-state index in [1.165, 1.54) is 10.6 Å². The largest absolute Gasteiger partial charge is 0.346 e. The molecule has 84 valence electrons. The Hall–Kier alpha value is -0.260. The molecule has 0 aliphatic carbocycles. The molecule has 1 saturated heterocycles. The van der Waals surface area contributed by atoms with Crippen LogP contribution in [0, 0.1) is 0 Å². The molecule has 2 N–H and O–H groups in total. The number of thioether (sulfide) groups is 1. The van der Waals surface area contributed by atoms with Gasteiger partial charge in [-0.25, -0.2) is 4.98 Å². The normalized spacial score (nSPS) is 24.2. The molecule has 2 rings (SSSR count). The second-order valence-electron chi connectivity index (χ2n) is 3.96. The number of anilines is 1. The van der Waals surface area contributed by atoms with Crippen LogP contribution in [0.1, 0.15) is 24.8 Å². The van der Waals surface area contributed by atoms with Gasteiger partial charge in [-0.15, -0.1) is 11.3 Å². The van der Waals surface area contributed by atoms with Gasteiger partial charge in [-0.2, -0.15) is 11.8 Å². The molecule has 0 aromatic carbocycles. The number of nitrogens with two attached hydrogens (primary N) is 1. The first kappa shape index (κ1) is 11.2. The van der Waals surface area contributed by atoms with Crippen LogP contribution in [0.4, 0.5) is 5.13 Å². The molecule has 0 amide bonds. The van der Waals surface area contributed by atoms with Gasteiger partial charge in [0.15, 0.2) is 5.13 Å². The zero-order chi connectivity index (χ0) is 10.8. The molecule has 0 spiro atoms. The van der Waals surface area contributed by atoms with Crippen molar-refractivity contribution < 1.29 is 0 Å². The van der Waals surface area contributed by atoms with Gasteiger partial charge >= 0.3 is 0 Å². The molecular formula is C10H17N3S2. The Bertz CT molecular complexity index is 324. The third-order valence-corrected chi connectivity index (χ3v) is 4.87. The summed E-state index contributed by atoms with van der Waals surface area (Å²) in [5, 5.41) is 1.84. The summed E-state index contributed by atoms with van der Waals surface area (Å²) in [6.07, 6.45) is 1.91. The minimum absolute atomic E-state index is 0.104. The second kappa shape index (κ2) is 4.72. The quantitative estimate of drug-likeness (QED) is 0.864. The minimum Gasteiger partial charge on any atom is -0.346 e. The standard InChI is InChI=1S/C10H17N3S2/c1-7-6-13(3-4-14-7)10-12-5-9(15-10)8(2)11/h5,7-8H,3-4,6,11H2,1-2H3. The van der Waals surface area contributed by atoms with E-state index in [1.54, 1.807) is 11.3 Å². The van der Waals surface area contributed by atoms with E-state index in [0.29, 0.717) is 5.25 Å². The number of nitrogens with zero attached hydrogens (tertiary/aromatic N) is 2. The van der Waals surface area contributed by atoms with Crippen molar-refractivity contribution in [1.29, 1.82) is 0 Å². The predicted octanol–water partition coefficient (Wildman–Crippen LogP) is 2.10. The third-order valence-electron chi connectivity index (χ3n) is 2.47. The van der Waals surface area contributed by atoms with Crippen LogP contribution in [-0.4, -0.2) is 29.1 Å². The van der Waals surface area contributed by atoms with E-state index in [2.05, 4.69) is 16.8 Å². The van der Waals surface area contributed by atoms with Crippen molar-refractivity contribution in [2.24, 2.45) is 5.73 Å². The van der Waals surface area contributed by atoms with Crippen LogP contribution in [-0.2, 0) is 0 Å². The molecule has 0 bridgehead atoms. The molecular weight excluding hydrogens is 226 g/mol. The Morgan fingerprint density at radius 1 is 1.67 bits per heavy atom. The molecule has 0 saturated carbocycles. The summed E-state index contributed by atoms with van der Waals surface area (Å²) in [5.74, 6) is 1.20. The first-order valence-corrected chi connectivity index (χ1v) is 7.11. The number of thiazole rings is 1. The van der Waals surface area contributed by atoms with Crippen molar-refractivity contribution in [1.82, 2.24) is 4.98 Å². The molecule has 1 aromatic rings. The highest BCUT2D eigenvalue weighted by Crippen LogP contribution is 2.29. The van der Waals surface area contributed by atoms with E-state index in [1.807, 2.05) is 24.9 Å². The summed E-state index contributed by atoms with van der Waals surface area (Å²) in [4.78, 5) is 8.00. The Morgan fingerprint density at radius 3 is 3.07 bits per heavy atom. The van der Waals surface area contributed by atoms with E-state index in [4.69, 9.17) is 5.73 Å². The van der Waals surface area contributed by atoms with Crippen molar-refractivity contribution in [2.45, 2.75) is 25.1 Å². The average Bonchev–Trinajstić information content (AvgIpc) is 2.66. The predicted molar refractivity (Wildman–Crippen MR) is 68.8 cm³/mol. The van der Waals surface area contributed by atoms with E-state index < -0.39 is 0 Å². The van der Waals surface area contributed by atoms with Crippen LogP contribution in [0.3, 0.4) is 0 Å². The lowest BCUT2D eigenvalue weighted by atomic mass is 10.3. The molecule has 1 fully saturated rings. The summed E-state index contributed by atoms with van der Waals surface area (Å²) in [6, 6.07) is 0.104. The van der Waals surface area contributed by atoms with Gasteiger partial charge in [0.05, 0.1) is 0 Å². The zero-order valence-corrected chi connectivity index (χ0v) is 10.8. The molecule has 15 heavy (non-hydrogen) atoms.